The lowest BCUT2D eigenvalue weighted by molar-refractivity contribution is -0.138. The van der Waals surface area contributed by atoms with Gasteiger partial charge in [-0.05, 0) is 48.7 Å². The van der Waals surface area contributed by atoms with Crippen molar-refractivity contribution < 1.29 is 14.3 Å². The Morgan fingerprint density at radius 2 is 1.88 bits per heavy atom. The van der Waals surface area contributed by atoms with Gasteiger partial charge in [0.25, 0.3) is 0 Å². The SMILES string of the molecule is CCCCNC(=O)[C@@H](C)N(Cc1ccc(OC)cc1)C(=O)CSCc1ccc(Cl)cc1Cl. The Labute approximate surface area is 204 Å². The third kappa shape index (κ3) is 8.23. The first-order chi connectivity index (χ1) is 15.3. The Bertz CT molecular complexity index is 893. The number of methoxy groups -OCH3 is 1. The summed E-state index contributed by atoms with van der Waals surface area (Å²) in [6.07, 6.45) is 1.90. The molecule has 0 spiro atoms. The lowest BCUT2D eigenvalue weighted by Gasteiger charge is -2.29. The number of unbranched alkanes of at least 4 members (excludes halogenated alkanes) is 1. The highest BCUT2D eigenvalue weighted by Gasteiger charge is 2.26. The first-order valence-electron chi connectivity index (χ1n) is 10.6. The zero-order valence-corrected chi connectivity index (χ0v) is 21.0. The van der Waals surface area contributed by atoms with Gasteiger partial charge < -0.3 is 15.0 Å². The first kappa shape index (κ1) is 26.4. The summed E-state index contributed by atoms with van der Waals surface area (Å²) in [6.45, 7) is 4.78. The lowest BCUT2D eigenvalue weighted by Crippen LogP contribution is -2.48. The van der Waals surface area contributed by atoms with E-state index in [1.807, 2.05) is 30.3 Å². The van der Waals surface area contributed by atoms with Crippen LogP contribution in [0.25, 0.3) is 0 Å². The van der Waals surface area contributed by atoms with Crippen molar-refractivity contribution in [1.82, 2.24) is 10.2 Å². The molecular weight excluding hydrogens is 467 g/mol. The largest absolute Gasteiger partial charge is 0.497 e. The average molecular weight is 497 g/mol. The topological polar surface area (TPSA) is 58.6 Å². The highest BCUT2D eigenvalue weighted by Crippen LogP contribution is 2.25. The number of carbonyl (C=O) groups is 2. The van der Waals surface area contributed by atoms with E-state index in [0.29, 0.717) is 28.9 Å². The molecule has 2 rings (SSSR count). The van der Waals surface area contributed by atoms with Gasteiger partial charge >= 0.3 is 0 Å². The number of nitrogens with one attached hydrogen (secondary N) is 1. The highest BCUT2D eigenvalue weighted by atomic mass is 35.5. The summed E-state index contributed by atoms with van der Waals surface area (Å²) in [4.78, 5) is 27.4. The molecule has 0 unspecified atom stereocenters. The van der Waals surface area contributed by atoms with Gasteiger partial charge in [0.15, 0.2) is 0 Å². The predicted molar refractivity (Wildman–Crippen MR) is 134 cm³/mol. The number of rotatable bonds is 12. The second-order valence-electron chi connectivity index (χ2n) is 7.42. The van der Waals surface area contributed by atoms with E-state index >= 15 is 0 Å². The van der Waals surface area contributed by atoms with Crippen LogP contribution in [-0.4, -0.2) is 42.2 Å². The van der Waals surface area contributed by atoms with Gasteiger partial charge in [-0.1, -0.05) is 54.7 Å². The van der Waals surface area contributed by atoms with Gasteiger partial charge in [0, 0.05) is 28.9 Å². The number of thioether (sulfide) groups is 1. The Balaban J connectivity index is 2.06. The molecule has 0 aromatic heterocycles. The van der Waals surface area contributed by atoms with E-state index in [9.17, 15) is 9.59 Å². The standard InChI is InChI=1S/C24H30Cl2N2O3S/c1-4-5-12-27-24(30)17(2)28(14-18-6-10-21(31-3)11-7-18)23(29)16-32-15-19-8-9-20(25)13-22(19)26/h6-11,13,17H,4-5,12,14-16H2,1-3H3,(H,27,30)/t17-/m1/s1. The number of amides is 2. The van der Waals surface area contributed by atoms with Crippen LogP contribution in [0.15, 0.2) is 42.5 Å². The molecule has 0 aliphatic heterocycles. The number of ether oxygens (including phenoxy) is 1. The molecule has 1 N–H and O–H groups in total. The van der Waals surface area contributed by atoms with E-state index in [1.54, 1.807) is 31.1 Å². The molecule has 2 aromatic carbocycles. The molecular formula is C24H30Cl2N2O3S. The molecule has 0 fully saturated rings. The van der Waals surface area contributed by atoms with Gasteiger partial charge in [-0.15, -0.1) is 11.8 Å². The summed E-state index contributed by atoms with van der Waals surface area (Å²) in [5.74, 6) is 1.31. The van der Waals surface area contributed by atoms with E-state index in [-0.39, 0.29) is 17.6 Å². The summed E-state index contributed by atoms with van der Waals surface area (Å²) in [6, 6.07) is 12.3. The van der Waals surface area contributed by atoms with Crippen LogP contribution in [0.3, 0.4) is 0 Å². The van der Waals surface area contributed by atoms with Crippen LogP contribution < -0.4 is 10.1 Å². The maximum Gasteiger partial charge on any atom is 0.242 e. The number of hydrogen-bond donors (Lipinski definition) is 1. The molecule has 174 valence electrons. The minimum Gasteiger partial charge on any atom is -0.497 e. The van der Waals surface area contributed by atoms with E-state index in [1.165, 1.54) is 11.8 Å². The zero-order chi connectivity index (χ0) is 23.5. The lowest BCUT2D eigenvalue weighted by atomic mass is 10.1. The molecule has 0 bridgehead atoms. The fourth-order valence-electron chi connectivity index (χ4n) is 3.02. The number of hydrogen-bond acceptors (Lipinski definition) is 4. The van der Waals surface area contributed by atoms with Crippen LogP contribution in [0.1, 0.15) is 37.8 Å². The Morgan fingerprint density at radius 1 is 1.16 bits per heavy atom. The van der Waals surface area contributed by atoms with E-state index in [2.05, 4.69) is 12.2 Å². The quantitative estimate of drug-likeness (QED) is 0.390. The minimum atomic E-state index is -0.582. The average Bonchev–Trinajstić information content (AvgIpc) is 2.78. The van der Waals surface area contributed by atoms with E-state index in [0.717, 1.165) is 29.7 Å². The Hall–Kier alpha value is -1.89. The molecule has 0 saturated heterocycles. The van der Waals surface area contributed by atoms with Crippen LogP contribution in [-0.2, 0) is 21.9 Å². The smallest absolute Gasteiger partial charge is 0.242 e. The van der Waals surface area contributed by atoms with Crippen LogP contribution in [0.5, 0.6) is 5.75 Å². The van der Waals surface area contributed by atoms with E-state index < -0.39 is 6.04 Å². The van der Waals surface area contributed by atoms with E-state index in [4.69, 9.17) is 27.9 Å². The van der Waals surface area contributed by atoms with Crippen LogP contribution in [0.2, 0.25) is 10.0 Å². The monoisotopic (exact) mass is 496 g/mol. The number of benzene rings is 2. The summed E-state index contributed by atoms with van der Waals surface area (Å²) >= 11 is 13.6. The first-order valence-corrected chi connectivity index (χ1v) is 12.5. The van der Waals surface area contributed by atoms with Crippen LogP contribution >= 0.6 is 35.0 Å². The Kier molecular flexibility index (Phi) is 11.2. The molecule has 2 amide bonds. The summed E-state index contributed by atoms with van der Waals surface area (Å²) in [5.41, 5.74) is 1.85. The fourth-order valence-corrected chi connectivity index (χ4v) is 4.48. The number of halogens is 2. The summed E-state index contributed by atoms with van der Waals surface area (Å²) in [5, 5.41) is 4.08. The van der Waals surface area contributed by atoms with Gasteiger partial charge in [0.05, 0.1) is 12.9 Å². The van der Waals surface area contributed by atoms with Gasteiger partial charge in [0.1, 0.15) is 11.8 Å². The maximum atomic E-state index is 13.1. The summed E-state index contributed by atoms with van der Waals surface area (Å²) in [7, 11) is 1.61. The van der Waals surface area contributed by atoms with Crippen molar-refractivity contribution in [3.05, 3.63) is 63.6 Å². The third-order valence-electron chi connectivity index (χ3n) is 5.01. The number of nitrogens with zero attached hydrogens (tertiary/aromatic N) is 1. The molecule has 2 aromatic rings. The normalized spacial score (nSPS) is 11.7. The third-order valence-corrected chi connectivity index (χ3v) is 6.56. The second-order valence-corrected chi connectivity index (χ2v) is 9.25. The van der Waals surface area contributed by atoms with Gasteiger partial charge in [-0.2, -0.15) is 0 Å². The molecule has 0 aliphatic carbocycles. The van der Waals surface area contributed by atoms with Gasteiger partial charge in [0.2, 0.25) is 11.8 Å². The predicted octanol–water partition coefficient (Wildman–Crippen LogP) is 5.57. The maximum absolute atomic E-state index is 13.1. The van der Waals surface area contributed by atoms with Crippen molar-refractivity contribution in [2.75, 3.05) is 19.4 Å². The molecule has 0 saturated carbocycles. The van der Waals surface area contributed by atoms with Crippen molar-refractivity contribution >= 4 is 46.8 Å². The van der Waals surface area contributed by atoms with Gasteiger partial charge in [-0.25, -0.2) is 0 Å². The van der Waals surface area contributed by atoms with Crippen molar-refractivity contribution in [2.24, 2.45) is 0 Å². The van der Waals surface area contributed by atoms with Crippen LogP contribution in [0.4, 0.5) is 0 Å². The van der Waals surface area contributed by atoms with Crippen molar-refractivity contribution in [3.63, 3.8) is 0 Å². The fraction of sp³-hybridized carbons (Fsp3) is 0.417. The van der Waals surface area contributed by atoms with Crippen molar-refractivity contribution in [2.45, 2.75) is 45.0 Å². The number of carbonyl (C=O) groups excluding carboxylic acids is 2. The highest BCUT2D eigenvalue weighted by molar-refractivity contribution is 7.99. The second kappa shape index (κ2) is 13.6. The minimum absolute atomic E-state index is 0.103. The van der Waals surface area contributed by atoms with Crippen molar-refractivity contribution in [1.29, 1.82) is 0 Å². The molecule has 0 radical (unpaired) electrons. The molecule has 1 atom stereocenters. The Morgan fingerprint density at radius 3 is 2.50 bits per heavy atom. The molecule has 5 nitrogen and oxygen atoms in total. The van der Waals surface area contributed by atoms with Crippen molar-refractivity contribution in [3.8, 4) is 5.75 Å². The van der Waals surface area contributed by atoms with Gasteiger partial charge in [-0.3, -0.25) is 9.59 Å². The molecule has 0 aliphatic rings. The zero-order valence-electron chi connectivity index (χ0n) is 18.7. The molecule has 0 heterocycles. The molecule has 32 heavy (non-hydrogen) atoms. The summed E-state index contributed by atoms with van der Waals surface area (Å²) < 4.78 is 5.21. The molecule has 8 heteroatoms. The van der Waals surface area contributed by atoms with Crippen LogP contribution in [0, 0.1) is 0 Å².